The van der Waals surface area contributed by atoms with E-state index in [1.807, 2.05) is 0 Å². The van der Waals surface area contributed by atoms with Crippen LogP contribution in [0.5, 0.6) is 5.88 Å². The molecule has 0 radical (unpaired) electrons. The lowest BCUT2D eigenvalue weighted by atomic mass is 10.2. The Hall–Kier alpha value is -3.24. The summed E-state index contributed by atoms with van der Waals surface area (Å²) in [4.78, 5) is 32.5. The molecular weight excluding hydrogens is 340 g/mol. The van der Waals surface area contributed by atoms with Crippen molar-refractivity contribution in [3.8, 4) is 5.88 Å². The maximum absolute atomic E-state index is 12.6. The Labute approximate surface area is 149 Å². The third-order valence-electron chi connectivity index (χ3n) is 4.17. The predicted octanol–water partition coefficient (Wildman–Crippen LogP) is -0.966. The summed E-state index contributed by atoms with van der Waals surface area (Å²) in [6.07, 6.45) is 2.18. The highest BCUT2D eigenvalue weighted by Crippen LogP contribution is 2.12. The molecule has 2 aromatic rings. The van der Waals surface area contributed by atoms with Gasteiger partial charge in [0, 0.05) is 38.4 Å². The summed E-state index contributed by atoms with van der Waals surface area (Å²) in [5, 5.41) is 10.6. The van der Waals surface area contributed by atoms with Gasteiger partial charge in [0.1, 0.15) is 6.54 Å². The third-order valence-corrected chi connectivity index (χ3v) is 4.17. The van der Waals surface area contributed by atoms with Crippen LogP contribution in [-0.4, -0.2) is 80.1 Å². The van der Waals surface area contributed by atoms with E-state index < -0.39 is 0 Å². The zero-order valence-electron chi connectivity index (χ0n) is 14.4. The van der Waals surface area contributed by atoms with Crippen LogP contribution >= 0.6 is 0 Å². The molecule has 3 rings (SSSR count). The van der Waals surface area contributed by atoms with E-state index >= 15 is 0 Å². The van der Waals surface area contributed by atoms with Gasteiger partial charge in [-0.3, -0.25) is 9.59 Å². The van der Waals surface area contributed by atoms with E-state index in [2.05, 4.69) is 20.5 Å². The van der Waals surface area contributed by atoms with Gasteiger partial charge in [0.2, 0.25) is 17.7 Å². The number of ether oxygens (including phenoxy) is 1. The summed E-state index contributed by atoms with van der Waals surface area (Å²) < 4.78 is 6.25. The van der Waals surface area contributed by atoms with Crippen molar-refractivity contribution >= 4 is 17.8 Å². The predicted molar refractivity (Wildman–Crippen MR) is 90.1 cm³/mol. The van der Waals surface area contributed by atoms with Crippen LogP contribution in [0.2, 0.25) is 0 Å². The van der Waals surface area contributed by atoms with Gasteiger partial charge >= 0.3 is 0 Å². The number of tetrazole rings is 1. The first-order valence-corrected chi connectivity index (χ1v) is 8.17. The maximum Gasteiger partial charge on any atom is 0.255 e. The Morgan fingerprint density at radius 2 is 1.96 bits per heavy atom. The van der Waals surface area contributed by atoms with Crippen LogP contribution in [0.4, 0.5) is 5.95 Å². The van der Waals surface area contributed by atoms with Crippen LogP contribution in [-0.2, 0) is 11.3 Å². The SMILES string of the molecule is COc1ccc(C(=O)N2CCCN(C(=O)Cn3nnnc3N)CC2)cn1. The van der Waals surface area contributed by atoms with Crippen LogP contribution in [0.1, 0.15) is 16.8 Å². The molecule has 11 heteroatoms. The molecule has 1 fully saturated rings. The summed E-state index contributed by atoms with van der Waals surface area (Å²) in [5.41, 5.74) is 6.08. The minimum absolute atomic E-state index is 0.0187. The molecule has 0 bridgehead atoms. The smallest absolute Gasteiger partial charge is 0.255 e. The average Bonchev–Trinajstić information content (AvgIpc) is 2.92. The molecule has 26 heavy (non-hydrogen) atoms. The van der Waals surface area contributed by atoms with Gasteiger partial charge in [-0.2, -0.15) is 0 Å². The number of methoxy groups -OCH3 is 1. The largest absolute Gasteiger partial charge is 0.481 e. The van der Waals surface area contributed by atoms with Crippen LogP contribution in [0.15, 0.2) is 18.3 Å². The fourth-order valence-electron chi connectivity index (χ4n) is 2.73. The molecule has 0 aliphatic carbocycles. The van der Waals surface area contributed by atoms with Crippen LogP contribution < -0.4 is 10.5 Å². The molecule has 0 atom stereocenters. The maximum atomic E-state index is 12.6. The summed E-state index contributed by atoms with van der Waals surface area (Å²) in [6, 6.07) is 3.33. The Balaban J connectivity index is 1.59. The van der Waals surface area contributed by atoms with Gasteiger partial charge in [-0.15, -0.1) is 0 Å². The Bertz CT molecular complexity index is 775. The molecule has 1 saturated heterocycles. The lowest BCUT2D eigenvalue weighted by Gasteiger charge is -2.22. The molecule has 11 nitrogen and oxygen atoms in total. The molecule has 2 aromatic heterocycles. The first-order chi connectivity index (χ1) is 12.6. The Morgan fingerprint density at radius 3 is 2.62 bits per heavy atom. The van der Waals surface area contributed by atoms with Crippen molar-refractivity contribution in [3.05, 3.63) is 23.9 Å². The summed E-state index contributed by atoms with van der Waals surface area (Å²) in [6.45, 7) is 2.00. The highest BCUT2D eigenvalue weighted by Gasteiger charge is 2.23. The van der Waals surface area contributed by atoms with Crippen molar-refractivity contribution in [2.75, 3.05) is 39.0 Å². The van der Waals surface area contributed by atoms with Crippen molar-refractivity contribution in [1.82, 2.24) is 35.0 Å². The number of aromatic nitrogens is 5. The van der Waals surface area contributed by atoms with Crippen LogP contribution in [0, 0.1) is 0 Å². The van der Waals surface area contributed by atoms with Crippen molar-refractivity contribution in [3.63, 3.8) is 0 Å². The Morgan fingerprint density at radius 1 is 1.19 bits per heavy atom. The van der Waals surface area contributed by atoms with E-state index in [1.54, 1.807) is 21.9 Å². The number of nitrogens with two attached hydrogens (primary N) is 1. The number of nitrogen functional groups attached to an aromatic ring is 1. The highest BCUT2D eigenvalue weighted by atomic mass is 16.5. The van der Waals surface area contributed by atoms with Gasteiger partial charge in [-0.05, 0) is 22.9 Å². The normalized spacial score (nSPS) is 14.8. The second-order valence-corrected chi connectivity index (χ2v) is 5.81. The number of pyridine rings is 1. The number of rotatable bonds is 4. The minimum Gasteiger partial charge on any atom is -0.481 e. The fourth-order valence-corrected chi connectivity index (χ4v) is 2.73. The lowest BCUT2D eigenvalue weighted by molar-refractivity contribution is -0.131. The van der Waals surface area contributed by atoms with Crippen LogP contribution in [0.3, 0.4) is 0 Å². The molecule has 1 aliphatic heterocycles. The number of nitrogens with zero attached hydrogens (tertiary/aromatic N) is 7. The van der Waals surface area contributed by atoms with E-state index in [0.717, 1.165) is 0 Å². The van der Waals surface area contributed by atoms with Crippen molar-refractivity contribution < 1.29 is 14.3 Å². The molecule has 0 saturated carbocycles. The molecule has 0 aromatic carbocycles. The highest BCUT2D eigenvalue weighted by molar-refractivity contribution is 5.94. The monoisotopic (exact) mass is 360 g/mol. The molecule has 3 heterocycles. The van der Waals surface area contributed by atoms with E-state index in [1.165, 1.54) is 18.0 Å². The number of anilines is 1. The number of hydrogen-bond donors (Lipinski definition) is 1. The number of carbonyl (C=O) groups excluding carboxylic acids is 2. The van der Waals surface area contributed by atoms with E-state index in [4.69, 9.17) is 10.5 Å². The standard InChI is InChI=1S/C15H20N8O3/c1-26-12-4-3-11(9-17-12)14(25)22-6-2-5-21(7-8-22)13(24)10-23-15(16)18-19-20-23/h3-4,9H,2,5-8,10H2,1H3,(H2,16,18,20). The number of amides is 2. The molecule has 2 N–H and O–H groups in total. The number of hydrogen-bond acceptors (Lipinski definition) is 8. The second kappa shape index (κ2) is 7.76. The summed E-state index contributed by atoms with van der Waals surface area (Å²) in [5.74, 6) is 0.302. The van der Waals surface area contributed by atoms with Crippen molar-refractivity contribution in [2.24, 2.45) is 0 Å². The molecule has 1 aliphatic rings. The van der Waals surface area contributed by atoms with E-state index in [9.17, 15) is 9.59 Å². The van der Waals surface area contributed by atoms with E-state index in [-0.39, 0.29) is 24.3 Å². The van der Waals surface area contributed by atoms with Crippen molar-refractivity contribution in [2.45, 2.75) is 13.0 Å². The van der Waals surface area contributed by atoms with Gasteiger partial charge in [0.15, 0.2) is 0 Å². The quantitative estimate of drug-likeness (QED) is 0.737. The molecule has 138 valence electrons. The lowest BCUT2D eigenvalue weighted by Crippen LogP contribution is -2.39. The first-order valence-electron chi connectivity index (χ1n) is 8.17. The minimum atomic E-state index is -0.135. The molecular formula is C15H20N8O3. The fraction of sp³-hybridized carbons (Fsp3) is 0.467. The topological polar surface area (TPSA) is 132 Å². The third kappa shape index (κ3) is 3.87. The van der Waals surface area contributed by atoms with Crippen molar-refractivity contribution in [1.29, 1.82) is 0 Å². The van der Waals surface area contributed by atoms with Gasteiger partial charge in [0.05, 0.1) is 12.7 Å². The van der Waals surface area contributed by atoms with Gasteiger partial charge in [0.25, 0.3) is 5.91 Å². The van der Waals surface area contributed by atoms with Gasteiger partial charge < -0.3 is 20.3 Å². The Kier molecular flexibility index (Phi) is 5.25. The number of carbonyl (C=O) groups is 2. The molecule has 0 spiro atoms. The second-order valence-electron chi connectivity index (χ2n) is 5.81. The average molecular weight is 360 g/mol. The molecule has 0 unspecified atom stereocenters. The summed E-state index contributed by atoms with van der Waals surface area (Å²) >= 11 is 0. The zero-order valence-corrected chi connectivity index (χ0v) is 14.4. The van der Waals surface area contributed by atoms with Crippen LogP contribution in [0.25, 0.3) is 0 Å². The summed E-state index contributed by atoms with van der Waals surface area (Å²) in [7, 11) is 1.52. The van der Waals surface area contributed by atoms with E-state index in [0.29, 0.717) is 44.0 Å². The zero-order chi connectivity index (χ0) is 18.5. The first kappa shape index (κ1) is 17.6. The van der Waals surface area contributed by atoms with Gasteiger partial charge in [-0.1, -0.05) is 5.10 Å². The van der Waals surface area contributed by atoms with Gasteiger partial charge in [-0.25, -0.2) is 9.67 Å². The molecule has 2 amide bonds.